The average Bonchev–Trinajstić information content (AvgIpc) is 2.35. The van der Waals surface area contributed by atoms with E-state index in [0.717, 1.165) is 43.1 Å². The van der Waals surface area contributed by atoms with Crippen molar-refractivity contribution >= 4 is 11.6 Å². The van der Waals surface area contributed by atoms with Crippen molar-refractivity contribution < 1.29 is 4.74 Å². The van der Waals surface area contributed by atoms with E-state index < -0.39 is 0 Å². The fraction of sp³-hybridized carbons (Fsp3) is 0.615. The summed E-state index contributed by atoms with van der Waals surface area (Å²) in [6.45, 7) is 3.64. The van der Waals surface area contributed by atoms with Crippen molar-refractivity contribution in [3.05, 3.63) is 29.0 Å². The van der Waals surface area contributed by atoms with Crippen molar-refractivity contribution in [1.29, 1.82) is 0 Å². The molecular weight excluding hydrogens is 236 g/mol. The zero-order chi connectivity index (χ0) is 12.5. The first-order valence-corrected chi connectivity index (χ1v) is 6.49. The zero-order valence-electron chi connectivity index (χ0n) is 10.6. The molecule has 0 fully saturated rings. The first kappa shape index (κ1) is 14.4. The maximum Gasteiger partial charge on any atom is 0.0621 e. The third-order valence-corrected chi connectivity index (χ3v) is 3.12. The fourth-order valence-corrected chi connectivity index (χ4v) is 1.96. The van der Waals surface area contributed by atoms with Gasteiger partial charge in [-0.15, -0.1) is 0 Å². The minimum atomic E-state index is 0.440. The Morgan fingerprint density at radius 3 is 3.00 bits per heavy atom. The van der Waals surface area contributed by atoms with Gasteiger partial charge in [0, 0.05) is 31.6 Å². The van der Waals surface area contributed by atoms with Crippen molar-refractivity contribution in [2.75, 3.05) is 20.3 Å². The van der Waals surface area contributed by atoms with Gasteiger partial charge < -0.3 is 10.1 Å². The van der Waals surface area contributed by atoms with E-state index in [1.165, 1.54) is 0 Å². The number of aromatic nitrogens is 1. The van der Waals surface area contributed by atoms with E-state index in [9.17, 15) is 0 Å². The van der Waals surface area contributed by atoms with Crippen LogP contribution >= 0.6 is 11.6 Å². The van der Waals surface area contributed by atoms with E-state index in [2.05, 4.69) is 10.3 Å². The Morgan fingerprint density at radius 1 is 1.53 bits per heavy atom. The topological polar surface area (TPSA) is 34.1 Å². The van der Waals surface area contributed by atoms with Gasteiger partial charge in [0.1, 0.15) is 0 Å². The van der Waals surface area contributed by atoms with Gasteiger partial charge in [-0.2, -0.15) is 0 Å². The molecule has 1 rings (SSSR count). The van der Waals surface area contributed by atoms with Gasteiger partial charge in [0.25, 0.3) is 0 Å². The van der Waals surface area contributed by atoms with Gasteiger partial charge in [0.2, 0.25) is 0 Å². The predicted octanol–water partition coefficient (Wildman–Crippen LogP) is 2.68. The largest absolute Gasteiger partial charge is 0.382 e. The highest BCUT2D eigenvalue weighted by molar-refractivity contribution is 6.31. The molecule has 0 amide bonds. The van der Waals surface area contributed by atoms with Crippen LogP contribution in [0.3, 0.4) is 0 Å². The molecule has 0 spiro atoms. The Labute approximate surface area is 109 Å². The van der Waals surface area contributed by atoms with E-state index in [4.69, 9.17) is 16.3 Å². The molecule has 4 heteroatoms. The summed E-state index contributed by atoms with van der Waals surface area (Å²) in [6.07, 6.45) is 6.58. The second-order valence-corrected chi connectivity index (χ2v) is 4.40. The first-order chi connectivity index (χ1) is 8.27. The quantitative estimate of drug-likeness (QED) is 0.727. The first-order valence-electron chi connectivity index (χ1n) is 6.11. The van der Waals surface area contributed by atoms with Crippen LogP contribution in [0.15, 0.2) is 18.5 Å². The molecule has 1 unspecified atom stereocenters. The monoisotopic (exact) mass is 256 g/mol. The molecule has 0 aromatic carbocycles. The lowest BCUT2D eigenvalue weighted by Crippen LogP contribution is -2.28. The van der Waals surface area contributed by atoms with E-state index in [-0.39, 0.29) is 0 Å². The average molecular weight is 257 g/mol. The molecule has 0 saturated carbocycles. The number of nitrogens with zero attached hydrogens (tertiary/aromatic N) is 1. The maximum atomic E-state index is 6.09. The van der Waals surface area contributed by atoms with Crippen LogP contribution in [-0.4, -0.2) is 31.3 Å². The van der Waals surface area contributed by atoms with Gasteiger partial charge in [-0.1, -0.05) is 11.6 Å². The number of nitrogens with one attached hydrogen (secondary N) is 1. The van der Waals surface area contributed by atoms with Crippen LogP contribution in [0.2, 0.25) is 5.02 Å². The summed E-state index contributed by atoms with van der Waals surface area (Å²) in [5.41, 5.74) is 1.15. The van der Waals surface area contributed by atoms with Crippen molar-refractivity contribution in [2.45, 2.75) is 32.2 Å². The van der Waals surface area contributed by atoms with E-state index >= 15 is 0 Å². The summed E-state index contributed by atoms with van der Waals surface area (Å²) in [6, 6.07) is 2.42. The number of halogens is 1. The Kier molecular flexibility index (Phi) is 7.17. The number of hydrogen-bond acceptors (Lipinski definition) is 3. The van der Waals surface area contributed by atoms with Crippen LogP contribution in [-0.2, 0) is 11.2 Å². The zero-order valence-corrected chi connectivity index (χ0v) is 11.3. The van der Waals surface area contributed by atoms with Crippen molar-refractivity contribution in [3.8, 4) is 0 Å². The van der Waals surface area contributed by atoms with Crippen LogP contribution in [0, 0.1) is 0 Å². The third-order valence-electron chi connectivity index (χ3n) is 2.78. The molecule has 17 heavy (non-hydrogen) atoms. The summed E-state index contributed by atoms with van der Waals surface area (Å²) in [7, 11) is 1.99. The van der Waals surface area contributed by atoms with Gasteiger partial charge in [-0.25, -0.2) is 0 Å². The van der Waals surface area contributed by atoms with Crippen LogP contribution in [0.1, 0.15) is 25.3 Å². The minimum Gasteiger partial charge on any atom is -0.382 e. The molecule has 96 valence electrons. The highest BCUT2D eigenvalue weighted by Crippen LogP contribution is 2.16. The lowest BCUT2D eigenvalue weighted by Gasteiger charge is -2.16. The Morgan fingerprint density at radius 2 is 2.35 bits per heavy atom. The number of pyridine rings is 1. The van der Waals surface area contributed by atoms with Crippen LogP contribution in [0.5, 0.6) is 0 Å². The second-order valence-electron chi connectivity index (χ2n) is 4.00. The predicted molar refractivity (Wildman–Crippen MR) is 71.5 cm³/mol. The van der Waals surface area contributed by atoms with Gasteiger partial charge in [-0.05, 0) is 44.9 Å². The number of likely N-dealkylation sites (N-methyl/N-ethyl adjacent to an activating group) is 1. The van der Waals surface area contributed by atoms with Crippen molar-refractivity contribution in [1.82, 2.24) is 10.3 Å². The van der Waals surface area contributed by atoms with Gasteiger partial charge >= 0.3 is 0 Å². The van der Waals surface area contributed by atoms with Crippen LogP contribution in [0.4, 0.5) is 0 Å². The number of hydrogen-bond donors (Lipinski definition) is 1. The molecule has 1 atom stereocenters. The summed E-state index contributed by atoms with van der Waals surface area (Å²) in [5, 5.41) is 4.07. The Balaban J connectivity index is 2.38. The molecule has 0 bridgehead atoms. The molecule has 1 aromatic rings. The van der Waals surface area contributed by atoms with Gasteiger partial charge in [0.15, 0.2) is 0 Å². The molecule has 0 saturated heterocycles. The lowest BCUT2D eigenvalue weighted by atomic mass is 10.0. The highest BCUT2D eigenvalue weighted by atomic mass is 35.5. The summed E-state index contributed by atoms with van der Waals surface area (Å²) in [4.78, 5) is 3.99. The van der Waals surface area contributed by atoms with Crippen molar-refractivity contribution in [2.24, 2.45) is 0 Å². The van der Waals surface area contributed by atoms with E-state index in [1.807, 2.05) is 20.0 Å². The van der Waals surface area contributed by atoms with Gasteiger partial charge in [-0.3, -0.25) is 4.98 Å². The fourth-order valence-electron chi connectivity index (χ4n) is 1.76. The second kappa shape index (κ2) is 8.45. The molecule has 0 aliphatic rings. The van der Waals surface area contributed by atoms with Gasteiger partial charge in [0.05, 0.1) is 5.02 Å². The molecule has 1 heterocycles. The third kappa shape index (κ3) is 5.48. The van der Waals surface area contributed by atoms with Crippen LogP contribution in [0.25, 0.3) is 0 Å². The highest BCUT2D eigenvalue weighted by Gasteiger charge is 2.09. The minimum absolute atomic E-state index is 0.440. The molecule has 0 radical (unpaired) electrons. The van der Waals surface area contributed by atoms with E-state index in [0.29, 0.717) is 6.04 Å². The molecule has 1 N–H and O–H groups in total. The maximum absolute atomic E-state index is 6.09. The molecule has 0 aliphatic heterocycles. The normalized spacial score (nSPS) is 12.6. The molecule has 3 nitrogen and oxygen atoms in total. The van der Waals surface area contributed by atoms with Crippen molar-refractivity contribution in [3.63, 3.8) is 0 Å². The molecular formula is C13H21ClN2O. The summed E-state index contributed by atoms with van der Waals surface area (Å²) in [5.74, 6) is 0. The number of ether oxygens (including phenoxy) is 1. The molecule has 0 aliphatic carbocycles. The summed E-state index contributed by atoms with van der Waals surface area (Å²) >= 11 is 6.09. The molecule has 1 aromatic heterocycles. The SMILES string of the molecule is CCOCCCC(Cc1ccncc1Cl)NC. The summed E-state index contributed by atoms with van der Waals surface area (Å²) < 4.78 is 5.34. The number of rotatable bonds is 8. The smallest absolute Gasteiger partial charge is 0.0621 e. The Bertz CT molecular complexity index is 320. The Hall–Kier alpha value is -0.640. The standard InChI is InChI=1S/C13H21ClN2O/c1-3-17-8-4-5-12(15-2)9-11-6-7-16-10-13(11)14/h6-7,10,12,15H,3-5,8-9H2,1-2H3. The lowest BCUT2D eigenvalue weighted by molar-refractivity contribution is 0.141. The van der Waals surface area contributed by atoms with Crippen LogP contribution < -0.4 is 5.32 Å². The van der Waals surface area contributed by atoms with E-state index in [1.54, 1.807) is 12.4 Å².